The largest absolute Gasteiger partial charge is 0.384 e. The average Bonchev–Trinajstić information content (AvgIpc) is 3.63. The van der Waals surface area contributed by atoms with E-state index >= 15 is 0 Å². The maximum atomic E-state index is 4.98. The van der Waals surface area contributed by atoms with E-state index in [0.717, 1.165) is 43.4 Å². The highest BCUT2D eigenvalue weighted by molar-refractivity contribution is 7.17. The average molecular weight is 506 g/mol. The van der Waals surface area contributed by atoms with Crippen LogP contribution in [0.2, 0.25) is 0 Å². The van der Waals surface area contributed by atoms with Gasteiger partial charge in [0.15, 0.2) is 0 Å². The normalized spacial score (nSPS) is 18.0. The summed E-state index contributed by atoms with van der Waals surface area (Å²) < 4.78 is 1.27. The van der Waals surface area contributed by atoms with Crippen LogP contribution in [0.25, 0.3) is 21.5 Å². The second-order valence-corrected chi connectivity index (χ2v) is 11.4. The van der Waals surface area contributed by atoms with E-state index in [1.807, 2.05) is 0 Å². The third-order valence-electron chi connectivity index (χ3n) is 8.14. The number of likely N-dealkylation sites (tertiary alicyclic amines) is 2. The number of aromatic nitrogens is 1. The van der Waals surface area contributed by atoms with Crippen LogP contribution in [0.15, 0.2) is 41.8 Å². The zero-order chi connectivity index (χ0) is 24.7. The predicted octanol–water partition coefficient (Wildman–Crippen LogP) is 6.17. The van der Waals surface area contributed by atoms with E-state index in [0.29, 0.717) is 0 Å². The Balaban J connectivity index is 1.16. The minimum Gasteiger partial charge on any atom is -0.384 e. The number of hydrogen-bond acceptors (Lipinski definition) is 6. The number of pyridine rings is 1. The molecule has 2 aliphatic rings. The Hall–Kier alpha value is -1.99. The van der Waals surface area contributed by atoms with Gasteiger partial charge in [0.1, 0.15) is 0 Å². The number of hydrogen-bond donors (Lipinski definition) is 1. The Morgan fingerprint density at radius 3 is 2.47 bits per heavy atom. The number of thiophene rings is 1. The summed E-state index contributed by atoms with van der Waals surface area (Å²) in [4.78, 5) is 12.8. The molecule has 0 spiro atoms. The summed E-state index contributed by atoms with van der Waals surface area (Å²) in [6.07, 6.45) is 6.69. The van der Waals surface area contributed by atoms with Gasteiger partial charge in [0, 0.05) is 24.7 Å². The summed E-state index contributed by atoms with van der Waals surface area (Å²) in [5, 5.41) is 5.92. The summed E-state index contributed by atoms with van der Waals surface area (Å²) in [6.45, 7) is 15.0. The predicted molar refractivity (Wildman–Crippen MR) is 155 cm³/mol. The molecular weight excluding hydrogens is 462 g/mol. The molecule has 0 unspecified atom stereocenters. The van der Waals surface area contributed by atoms with Gasteiger partial charge in [-0.05, 0) is 101 Å². The van der Waals surface area contributed by atoms with E-state index in [4.69, 9.17) is 4.98 Å². The van der Waals surface area contributed by atoms with Crippen molar-refractivity contribution in [3.8, 4) is 11.3 Å². The highest BCUT2D eigenvalue weighted by Gasteiger charge is 2.26. The SMILES string of the molecule is CCN(CC)Cc1ccc(-c2cc(NCCCN3CCC(N4CCCC4)CC3)c3sccc3n2)cc1. The topological polar surface area (TPSA) is 34.6 Å². The fourth-order valence-corrected chi connectivity index (χ4v) is 6.69. The lowest BCUT2D eigenvalue weighted by Crippen LogP contribution is -2.44. The van der Waals surface area contributed by atoms with Crippen LogP contribution in [0.5, 0.6) is 0 Å². The second kappa shape index (κ2) is 12.5. The van der Waals surface area contributed by atoms with Gasteiger partial charge in [-0.3, -0.25) is 4.90 Å². The third kappa shape index (κ3) is 6.28. The van der Waals surface area contributed by atoms with Crippen molar-refractivity contribution in [3.63, 3.8) is 0 Å². The van der Waals surface area contributed by atoms with Crippen molar-refractivity contribution in [3.05, 3.63) is 47.3 Å². The standard InChI is InChI=1S/C30H43N5S/c1-3-33(4-2)23-24-8-10-25(11-9-24)28-22-29(30-27(32-28)14-21-36-30)31-15-7-16-34-19-12-26(13-20-34)35-17-5-6-18-35/h8-11,14,21-22,26H,3-7,12-13,15-20,23H2,1-2H3,(H,31,32). The molecule has 36 heavy (non-hydrogen) atoms. The van der Waals surface area contributed by atoms with Crippen LogP contribution in [0.3, 0.4) is 0 Å². The molecule has 0 aliphatic carbocycles. The van der Waals surface area contributed by atoms with Gasteiger partial charge in [0.05, 0.1) is 21.6 Å². The van der Waals surface area contributed by atoms with Crippen molar-refractivity contribution >= 4 is 27.2 Å². The molecule has 2 fully saturated rings. The number of nitrogens with one attached hydrogen (secondary N) is 1. The van der Waals surface area contributed by atoms with Crippen LogP contribution in [0.1, 0.15) is 51.5 Å². The smallest absolute Gasteiger partial charge is 0.0838 e. The summed E-state index contributed by atoms with van der Waals surface area (Å²) in [6, 6.07) is 14.2. The third-order valence-corrected chi connectivity index (χ3v) is 9.08. The van der Waals surface area contributed by atoms with Gasteiger partial charge in [-0.15, -0.1) is 11.3 Å². The minimum absolute atomic E-state index is 0.843. The Kier molecular flexibility index (Phi) is 8.91. The quantitative estimate of drug-likeness (QED) is 0.315. The van der Waals surface area contributed by atoms with Crippen molar-refractivity contribution in [2.45, 2.75) is 58.5 Å². The van der Waals surface area contributed by atoms with Crippen molar-refractivity contribution < 1.29 is 0 Å². The van der Waals surface area contributed by atoms with Crippen LogP contribution < -0.4 is 5.32 Å². The van der Waals surface area contributed by atoms with E-state index in [1.54, 1.807) is 11.3 Å². The van der Waals surface area contributed by atoms with Crippen molar-refractivity contribution in [1.29, 1.82) is 0 Å². The minimum atomic E-state index is 0.843. The van der Waals surface area contributed by atoms with Gasteiger partial charge < -0.3 is 15.1 Å². The van der Waals surface area contributed by atoms with E-state index < -0.39 is 0 Å². The number of piperidine rings is 1. The monoisotopic (exact) mass is 505 g/mol. The Morgan fingerprint density at radius 1 is 1.00 bits per heavy atom. The maximum Gasteiger partial charge on any atom is 0.0838 e. The molecule has 2 saturated heterocycles. The molecule has 0 atom stereocenters. The van der Waals surface area contributed by atoms with Gasteiger partial charge in [0.25, 0.3) is 0 Å². The van der Waals surface area contributed by atoms with E-state index in [1.165, 1.54) is 86.3 Å². The molecule has 5 nitrogen and oxygen atoms in total. The van der Waals surface area contributed by atoms with E-state index in [-0.39, 0.29) is 0 Å². The summed E-state index contributed by atoms with van der Waals surface area (Å²) in [7, 11) is 0. The highest BCUT2D eigenvalue weighted by Crippen LogP contribution is 2.32. The first kappa shape index (κ1) is 25.7. The molecule has 0 bridgehead atoms. The fourth-order valence-electron chi connectivity index (χ4n) is 5.86. The molecule has 1 aromatic carbocycles. The first-order valence-electron chi connectivity index (χ1n) is 14.1. The van der Waals surface area contributed by atoms with Gasteiger partial charge in [-0.2, -0.15) is 0 Å². The number of nitrogens with zero attached hydrogens (tertiary/aromatic N) is 4. The zero-order valence-corrected chi connectivity index (χ0v) is 23.0. The molecule has 0 saturated carbocycles. The molecule has 1 N–H and O–H groups in total. The number of anilines is 1. The Labute approximate surface area is 221 Å². The van der Waals surface area contributed by atoms with Crippen LogP contribution in [-0.2, 0) is 6.54 Å². The lowest BCUT2D eigenvalue weighted by atomic mass is 10.0. The van der Waals surface area contributed by atoms with Gasteiger partial charge in [-0.25, -0.2) is 4.98 Å². The molecule has 0 radical (unpaired) electrons. The molecule has 0 amide bonds. The van der Waals surface area contributed by atoms with Gasteiger partial charge >= 0.3 is 0 Å². The first-order chi connectivity index (χ1) is 17.7. The molecule has 2 aromatic heterocycles. The van der Waals surface area contributed by atoms with Crippen molar-refractivity contribution in [1.82, 2.24) is 19.7 Å². The molecule has 2 aliphatic heterocycles. The van der Waals surface area contributed by atoms with Crippen LogP contribution >= 0.6 is 11.3 Å². The Bertz CT molecular complexity index is 1080. The summed E-state index contributed by atoms with van der Waals surface area (Å²) in [5.74, 6) is 0. The van der Waals surface area contributed by atoms with Crippen LogP contribution in [0.4, 0.5) is 5.69 Å². The maximum absolute atomic E-state index is 4.98. The summed E-state index contributed by atoms with van der Waals surface area (Å²) >= 11 is 1.78. The number of fused-ring (bicyclic) bond motifs is 1. The van der Waals surface area contributed by atoms with E-state index in [9.17, 15) is 0 Å². The molecule has 4 heterocycles. The van der Waals surface area contributed by atoms with Gasteiger partial charge in [-0.1, -0.05) is 38.1 Å². The van der Waals surface area contributed by atoms with Crippen LogP contribution in [0, 0.1) is 0 Å². The summed E-state index contributed by atoms with van der Waals surface area (Å²) in [5.41, 5.74) is 5.93. The van der Waals surface area contributed by atoms with Crippen molar-refractivity contribution in [2.75, 3.05) is 57.7 Å². The lowest BCUT2D eigenvalue weighted by molar-refractivity contribution is 0.127. The van der Waals surface area contributed by atoms with Crippen molar-refractivity contribution in [2.24, 2.45) is 0 Å². The fraction of sp³-hybridized carbons (Fsp3) is 0.567. The first-order valence-corrected chi connectivity index (χ1v) is 15.0. The molecule has 3 aromatic rings. The van der Waals surface area contributed by atoms with E-state index in [2.05, 4.69) is 75.6 Å². The molecule has 5 rings (SSSR count). The number of benzene rings is 1. The lowest BCUT2D eigenvalue weighted by Gasteiger charge is -2.36. The Morgan fingerprint density at radius 2 is 1.75 bits per heavy atom. The highest BCUT2D eigenvalue weighted by atomic mass is 32.1. The van der Waals surface area contributed by atoms with Gasteiger partial charge in [0.2, 0.25) is 0 Å². The zero-order valence-electron chi connectivity index (χ0n) is 22.2. The molecular formula is C30H43N5S. The number of rotatable bonds is 11. The molecule has 6 heteroatoms. The molecule has 194 valence electrons. The second-order valence-electron chi connectivity index (χ2n) is 10.4. The van der Waals surface area contributed by atoms with Crippen LogP contribution in [-0.4, -0.2) is 78.1 Å².